The molecule has 6 heteroatoms. The summed E-state index contributed by atoms with van der Waals surface area (Å²) in [6.07, 6.45) is 0. The number of ether oxygens (including phenoxy) is 1. The van der Waals surface area contributed by atoms with Crippen molar-refractivity contribution in [2.45, 2.75) is 4.90 Å². The first-order chi connectivity index (χ1) is 9.03. The lowest BCUT2D eigenvalue weighted by molar-refractivity contribution is 0.416. The fourth-order valence-electron chi connectivity index (χ4n) is 1.56. The maximum atomic E-state index is 13.2. The molecule has 0 aliphatic rings. The highest BCUT2D eigenvalue weighted by molar-refractivity contribution is 7.92. The number of halogens is 1. The van der Waals surface area contributed by atoms with E-state index in [2.05, 4.69) is 4.72 Å². The molecule has 0 amide bonds. The summed E-state index contributed by atoms with van der Waals surface area (Å²) in [5, 5.41) is 0. The molecule has 0 bridgehead atoms. The van der Waals surface area contributed by atoms with E-state index in [-0.39, 0.29) is 16.3 Å². The van der Waals surface area contributed by atoms with Crippen LogP contribution in [0.3, 0.4) is 0 Å². The van der Waals surface area contributed by atoms with Crippen molar-refractivity contribution in [1.82, 2.24) is 0 Å². The predicted octanol–water partition coefficient (Wildman–Crippen LogP) is 2.64. The minimum absolute atomic E-state index is 0.0614. The van der Waals surface area contributed by atoms with Crippen molar-refractivity contribution >= 4 is 15.7 Å². The van der Waals surface area contributed by atoms with Crippen LogP contribution in [0.2, 0.25) is 0 Å². The number of anilines is 1. The lowest BCUT2D eigenvalue weighted by Crippen LogP contribution is -2.13. The Bertz CT molecular complexity index is 672. The lowest BCUT2D eigenvalue weighted by Gasteiger charge is -2.11. The molecule has 19 heavy (non-hydrogen) atoms. The summed E-state index contributed by atoms with van der Waals surface area (Å²) in [5.74, 6) is -0.299. The number of hydrogen-bond donors (Lipinski definition) is 1. The van der Waals surface area contributed by atoms with Gasteiger partial charge in [0, 0.05) is 6.07 Å². The Hall–Kier alpha value is -2.08. The zero-order valence-electron chi connectivity index (χ0n) is 10.1. The minimum Gasteiger partial charge on any atom is -0.495 e. The minimum atomic E-state index is -3.76. The predicted molar refractivity (Wildman–Crippen MR) is 70.2 cm³/mol. The van der Waals surface area contributed by atoms with Crippen LogP contribution < -0.4 is 9.46 Å². The second kappa shape index (κ2) is 5.27. The summed E-state index contributed by atoms with van der Waals surface area (Å²) >= 11 is 0. The molecule has 0 aromatic heterocycles. The zero-order chi connectivity index (χ0) is 13.9. The summed E-state index contributed by atoms with van der Waals surface area (Å²) in [7, 11) is -2.38. The number of nitrogens with one attached hydrogen (secondary N) is 1. The first kappa shape index (κ1) is 13.4. The van der Waals surface area contributed by atoms with Crippen LogP contribution in [-0.4, -0.2) is 15.5 Å². The Labute approximate surface area is 110 Å². The third-order valence-corrected chi connectivity index (χ3v) is 3.84. The molecule has 4 nitrogen and oxygen atoms in total. The number of benzene rings is 2. The molecule has 0 saturated heterocycles. The van der Waals surface area contributed by atoms with Gasteiger partial charge in [-0.15, -0.1) is 0 Å². The van der Waals surface area contributed by atoms with Crippen LogP contribution in [0.5, 0.6) is 5.75 Å². The van der Waals surface area contributed by atoms with E-state index < -0.39 is 15.8 Å². The fourth-order valence-corrected chi connectivity index (χ4v) is 2.65. The highest BCUT2D eigenvalue weighted by Gasteiger charge is 2.16. The van der Waals surface area contributed by atoms with Gasteiger partial charge in [-0.1, -0.05) is 18.2 Å². The third-order valence-electron chi connectivity index (χ3n) is 2.46. The van der Waals surface area contributed by atoms with Crippen LogP contribution >= 0.6 is 0 Å². The van der Waals surface area contributed by atoms with Gasteiger partial charge in [0.05, 0.1) is 17.7 Å². The van der Waals surface area contributed by atoms with E-state index in [9.17, 15) is 12.8 Å². The molecule has 1 N–H and O–H groups in total. The van der Waals surface area contributed by atoms with Crippen LogP contribution in [0.1, 0.15) is 0 Å². The van der Waals surface area contributed by atoms with E-state index in [4.69, 9.17) is 4.74 Å². The van der Waals surface area contributed by atoms with Crippen LogP contribution in [0.15, 0.2) is 53.4 Å². The smallest absolute Gasteiger partial charge is 0.262 e. The van der Waals surface area contributed by atoms with Gasteiger partial charge in [-0.3, -0.25) is 4.72 Å². The van der Waals surface area contributed by atoms with Crippen molar-refractivity contribution in [2.75, 3.05) is 11.8 Å². The van der Waals surface area contributed by atoms with Crippen LogP contribution in [0.25, 0.3) is 0 Å². The Kier molecular flexibility index (Phi) is 3.71. The molecule has 2 rings (SSSR count). The van der Waals surface area contributed by atoms with Crippen LogP contribution in [0, 0.1) is 5.82 Å². The van der Waals surface area contributed by atoms with Gasteiger partial charge >= 0.3 is 0 Å². The molecule has 0 unspecified atom stereocenters. The average molecular weight is 281 g/mol. The summed E-state index contributed by atoms with van der Waals surface area (Å²) in [5.41, 5.74) is 0.0614. The zero-order valence-corrected chi connectivity index (χ0v) is 10.9. The molecule has 2 aromatic carbocycles. The third kappa shape index (κ3) is 3.03. The largest absolute Gasteiger partial charge is 0.495 e. The number of sulfonamides is 1. The number of rotatable bonds is 4. The first-order valence-corrected chi connectivity index (χ1v) is 6.92. The van der Waals surface area contributed by atoms with Gasteiger partial charge in [0.25, 0.3) is 10.0 Å². The molecule has 100 valence electrons. The summed E-state index contributed by atoms with van der Waals surface area (Å²) in [6, 6.07) is 11.5. The van der Waals surface area contributed by atoms with Gasteiger partial charge in [0.1, 0.15) is 11.6 Å². The van der Waals surface area contributed by atoms with E-state index in [0.717, 1.165) is 6.07 Å². The second-order valence-electron chi connectivity index (χ2n) is 3.76. The number of hydrogen-bond acceptors (Lipinski definition) is 3. The van der Waals surface area contributed by atoms with Crippen molar-refractivity contribution in [1.29, 1.82) is 0 Å². The molecule has 0 aliphatic heterocycles. The van der Waals surface area contributed by atoms with E-state index in [0.29, 0.717) is 0 Å². The maximum Gasteiger partial charge on any atom is 0.262 e. The Morgan fingerprint density at radius 1 is 1.11 bits per heavy atom. The maximum absolute atomic E-state index is 13.2. The van der Waals surface area contributed by atoms with E-state index in [1.807, 2.05) is 0 Å². The lowest BCUT2D eigenvalue weighted by atomic mass is 10.3. The van der Waals surface area contributed by atoms with Crippen molar-refractivity contribution in [2.24, 2.45) is 0 Å². The number of methoxy groups -OCH3 is 1. The van der Waals surface area contributed by atoms with E-state index in [1.54, 1.807) is 18.2 Å². The summed E-state index contributed by atoms with van der Waals surface area (Å²) < 4.78 is 44.6. The van der Waals surface area contributed by atoms with Crippen molar-refractivity contribution in [3.63, 3.8) is 0 Å². The van der Waals surface area contributed by atoms with Gasteiger partial charge in [-0.2, -0.15) is 0 Å². The van der Waals surface area contributed by atoms with Gasteiger partial charge < -0.3 is 4.74 Å². The SMILES string of the molecule is COc1ccc(F)cc1NS(=O)(=O)c1ccccc1. The molecule has 0 radical (unpaired) electrons. The standard InChI is InChI=1S/C13H12FNO3S/c1-18-13-8-7-10(14)9-12(13)15-19(16,17)11-5-3-2-4-6-11/h2-9,15H,1H3. The van der Waals surface area contributed by atoms with Gasteiger partial charge in [0.2, 0.25) is 0 Å². The molecule has 0 aliphatic carbocycles. The molecule has 0 fully saturated rings. The highest BCUT2D eigenvalue weighted by Crippen LogP contribution is 2.27. The van der Waals surface area contributed by atoms with Gasteiger partial charge in [0.15, 0.2) is 0 Å². The highest BCUT2D eigenvalue weighted by atomic mass is 32.2. The summed E-state index contributed by atoms with van der Waals surface area (Å²) in [4.78, 5) is 0.0984. The summed E-state index contributed by atoms with van der Waals surface area (Å²) in [6.45, 7) is 0. The second-order valence-corrected chi connectivity index (χ2v) is 5.45. The molecule has 0 heterocycles. The van der Waals surface area contributed by atoms with E-state index in [1.165, 1.54) is 31.4 Å². The van der Waals surface area contributed by atoms with Crippen LogP contribution in [-0.2, 0) is 10.0 Å². The normalized spacial score (nSPS) is 11.1. The van der Waals surface area contributed by atoms with Crippen molar-refractivity contribution in [3.8, 4) is 5.75 Å². The molecule has 2 aromatic rings. The van der Waals surface area contributed by atoms with Crippen molar-refractivity contribution < 1.29 is 17.5 Å². The van der Waals surface area contributed by atoms with Crippen LogP contribution in [0.4, 0.5) is 10.1 Å². The van der Waals surface area contributed by atoms with Gasteiger partial charge in [-0.25, -0.2) is 12.8 Å². The Morgan fingerprint density at radius 2 is 1.79 bits per heavy atom. The topological polar surface area (TPSA) is 55.4 Å². The first-order valence-electron chi connectivity index (χ1n) is 5.44. The van der Waals surface area contributed by atoms with Crippen molar-refractivity contribution in [3.05, 3.63) is 54.3 Å². The fraction of sp³-hybridized carbons (Fsp3) is 0.0769. The molecule has 0 spiro atoms. The Balaban J connectivity index is 2.38. The quantitative estimate of drug-likeness (QED) is 0.937. The Morgan fingerprint density at radius 3 is 2.42 bits per heavy atom. The molecule has 0 saturated carbocycles. The molecule has 0 atom stereocenters. The monoisotopic (exact) mass is 281 g/mol. The average Bonchev–Trinajstić information content (AvgIpc) is 2.39. The van der Waals surface area contributed by atoms with E-state index >= 15 is 0 Å². The molecular weight excluding hydrogens is 269 g/mol. The van der Waals surface area contributed by atoms with Gasteiger partial charge in [-0.05, 0) is 24.3 Å². The molecular formula is C13H12FNO3S.